The maximum atomic E-state index is 6.85. The molecule has 4 aromatic heterocycles. The maximum Gasteiger partial charge on any atom is 0.160 e. The van der Waals surface area contributed by atoms with Gasteiger partial charge in [0.05, 0.1) is 11.4 Å². The molecule has 17 aromatic rings. The second-order valence-corrected chi connectivity index (χ2v) is 20.7. The van der Waals surface area contributed by atoms with Crippen molar-refractivity contribution in [3.8, 4) is 22.3 Å². The van der Waals surface area contributed by atoms with Gasteiger partial charge in [0, 0.05) is 77.0 Å². The van der Waals surface area contributed by atoms with Crippen LogP contribution in [0.1, 0.15) is 0 Å². The summed E-state index contributed by atoms with van der Waals surface area (Å²) in [5.74, 6) is 0. The van der Waals surface area contributed by atoms with Gasteiger partial charge in [-0.05, 0) is 142 Å². The average molecular weight is 1030 g/mol. The van der Waals surface area contributed by atoms with Crippen molar-refractivity contribution in [3.63, 3.8) is 0 Å². The number of para-hydroxylation sites is 4. The van der Waals surface area contributed by atoms with E-state index in [1.54, 1.807) is 0 Å². The van der Waals surface area contributed by atoms with Crippen LogP contribution in [-0.4, -0.2) is 0 Å². The fourth-order valence-corrected chi connectivity index (χ4v) is 12.5. The van der Waals surface area contributed by atoms with Gasteiger partial charge in [-0.15, -0.1) is 0 Å². The van der Waals surface area contributed by atoms with Crippen molar-refractivity contribution < 1.29 is 17.7 Å². The van der Waals surface area contributed by atoms with E-state index in [1.165, 1.54) is 0 Å². The summed E-state index contributed by atoms with van der Waals surface area (Å²) in [6.07, 6.45) is 0. The minimum Gasteiger partial charge on any atom is -0.456 e. The molecule has 0 unspecified atom stereocenters. The van der Waals surface area contributed by atoms with Gasteiger partial charge in [-0.1, -0.05) is 158 Å². The average Bonchev–Trinajstić information content (AvgIpc) is 4.42. The molecular weight excluding hydrogens is 981 g/mol. The number of benzene rings is 13. The van der Waals surface area contributed by atoms with Gasteiger partial charge < -0.3 is 27.5 Å². The van der Waals surface area contributed by atoms with Crippen LogP contribution in [0.4, 0.5) is 34.1 Å². The summed E-state index contributed by atoms with van der Waals surface area (Å²) >= 11 is 0. The number of anilines is 6. The highest BCUT2D eigenvalue weighted by Gasteiger charge is 2.27. The van der Waals surface area contributed by atoms with Crippen molar-refractivity contribution >= 4 is 143 Å². The lowest BCUT2D eigenvalue weighted by atomic mass is 9.98. The summed E-state index contributed by atoms with van der Waals surface area (Å²) in [5, 5.41) is 12.8. The third-order valence-electron chi connectivity index (χ3n) is 16.2. The van der Waals surface area contributed by atoms with Crippen LogP contribution in [0.3, 0.4) is 0 Å². The van der Waals surface area contributed by atoms with Gasteiger partial charge >= 0.3 is 0 Å². The molecule has 374 valence electrons. The van der Waals surface area contributed by atoms with Gasteiger partial charge in [0.25, 0.3) is 0 Å². The molecule has 80 heavy (non-hydrogen) atoms. The number of hydrogen-bond donors (Lipinski definition) is 0. The zero-order chi connectivity index (χ0) is 52.4. The van der Waals surface area contributed by atoms with E-state index in [-0.39, 0.29) is 0 Å². The molecule has 0 spiro atoms. The van der Waals surface area contributed by atoms with Crippen LogP contribution in [0.25, 0.3) is 132 Å². The van der Waals surface area contributed by atoms with Crippen LogP contribution < -0.4 is 9.80 Å². The second-order valence-electron chi connectivity index (χ2n) is 20.7. The molecule has 0 atom stereocenters. The molecular formula is C74H44N2O4. The molecule has 0 saturated heterocycles. The Morgan fingerprint density at radius 2 is 0.625 bits per heavy atom. The van der Waals surface area contributed by atoms with Gasteiger partial charge in [0.2, 0.25) is 0 Å². The van der Waals surface area contributed by atoms with Crippen molar-refractivity contribution in [2.75, 3.05) is 9.80 Å². The molecule has 13 aromatic carbocycles. The smallest absolute Gasteiger partial charge is 0.160 e. The summed E-state index contributed by atoms with van der Waals surface area (Å²) in [5.41, 5.74) is 16.9. The molecule has 0 aliphatic heterocycles. The Morgan fingerprint density at radius 1 is 0.225 bits per heavy atom. The molecule has 6 heteroatoms. The lowest BCUT2D eigenvalue weighted by molar-refractivity contribution is 0.663. The minimum atomic E-state index is 0.808. The number of hydrogen-bond acceptors (Lipinski definition) is 6. The standard InChI is InChI=1S/C74H44N2O4/c1-5-17-45(18-6-1)55-33-35-59-57-25-13-15-27-63(57)79-73(59)71(55)75(51-21-9-3-10-22-51)53-31-29-47-41-61-67(43-49(47)39-53)77-65-37-38-66-70(69(61)65)62-42-48-30-32-54(40-50(48)44-68(62)78-66)76(52-23-11-4-12-24-52)72-56(46-19-7-2-8-20-46)34-36-60-58-26-14-16-28-64(58)80-74(60)72/h1-44H. The van der Waals surface area contributed by atoms with Crippen LogP contribution in [0, 0.1) is 0 Å². The molecule has 0 aliphatic carbocycles. The lowest BCUT2D eigenvalue weighted by Gasteiger charge is -2.28. The van der Waals surface area contributed by atoms with Crippen molar-refractivity contribution in [2.24, 2.45) is 0 Å². The first-order valence-corrected chi connectivity index (χ1v) is 27.0. The maximum absolute atomic E-state index is 6.85. The van der Waals surface area contributed by atoms with Gasteiger partial charge in [-0.3, -0.25) is 0 Å². The summed E-state index contributed by atoms with van der Waals surface area (Å²) in [4.78, 5) is 4.68. The Bertz CT molecular complexity index is 4970. The Morgan fingerprint density at radius 3 is 1.06 bits per heavy atom. The highest BCUT2D eigenvalue weighted by Crippen LogP contribution is 2.51. The van der Waals surface area contributed by atoms with Gasteiger partial charge in [0.1, 0.15) is 33.5 Å². The van der Waals surface area contributed by atoms with Crippen LogP contribution >= 0.6 is 0 Å². The Kier molecular flexibility index (Phi) is 9.61. The zero-order valence-electron chi connectivity index (χ0n) is 42.9. The molecule has 4 heterocycles. The predicted octanol–water partition coefficient (Wildman–Crippen LogP) is 21.9. The third-order valence-corrected chi connectivity index (χ3v) is 16.2. The summed E-state index contributed by atoms with van der Waals surface area (Å²) in [6.45, 7) is 0. The molecule has 17 rings (SSSR count). The molecule has 0 radical (unpaired) electrons. The van der Waals surface area contributed by atoms with E-state index in [4.69, 9.17) is 17.7 Å². The summed E-state index contributed by atoms with van der Waals surface area (Å²) in [7, 11) is 0. The molecule has 0 fully saturated rings. The van der Waals surface area contributed by atoms with Gasteiger partial charge in [-0.2, -0.15) is 0 Å². The molecule has 0 bridgehead atoms. The van der Waals surface area contributed by atoms with Crippen LogP contribution in [0.5, 0.6) is 0 Å². The Hall–Kier alpha value is -10.8. The van der Waals surface area contributed by atoms with E-state index in [0.717, 1.165) is 166 Å². The highest BCUT2D eigenvalue weighted by molar-refractivity contribution is 6.28. The molecule has 6 nitrogen and oxygen atoms in total. The monoisotopic (exact) mass is 1020 g/mol. The molecule has 0 N–H and O–H groups in total. The van der Waals surface area contributed by atoms with E-state index in [2.05, 4.69) is 240 Å². The van der Waals surface area contributed by atoms with Crippen LogP contribution in [0.2, 0.25) is 0 Å². The fourth-order valence-electron chi connectivity index (χ4n) is 12.5. The molecule has 0 aliphatic rings. The Balaban J connectivity index is 0.820. The lowest BCUT2D eigenvalue weighted by Crippen LogP contribution is -2.11. The van der Waals surface area contributed by atoms with Crippen LogP contribution in [0.15, 0.2) is 285 Å². The van der Waals surface area contributed by atoms with Crippen molar-refractivity contribution in [2.45, 2.75) is 0 Å². The van der Waals surface area contributed by atoms with E-state index < -0.39 is 0 Å². The third kappa shape index (κ3) is 6.79. The SMILES string of the molecule is c1ccc(-c2ccc3c(oc4ccccc43)c2N(c2ccccc2)c2ccc3cc4c(cc3c2)oc2ccc3oc5cc6cc(N(c7ccccc7)c7c(-c8ccccc8)ccc8c7oc7ccccc78)ccc6cc5c3c24)cc1. The van der Waals surface area contributed by atoms with Crippen molar-refractivity contribution in [1.29, 1.82) is 0 Å². The van der Waals surface area contributed by atoms with E-state index >= 15 is 0 Å². The first kappa shape index (κ1) is 44.3. The second kappa shape index (κ2) is 17.3. The van der Waals surface area contributed by atoms with Crippen molar-refractivity contribution in [1.82, 2.24) is 0 Å². The number of furan rings is 4. The number of fused-ring (bicyclic) bond motifs is 15. The Labute approximate surface area is 457 Å². The largest absolute Gasteiger partial charge is 0.456 e. The van der Waals surface area contributed by atoms with E-state index in [0.29, 0.717) is 0 Å². The quantitative estimate of drug-likeness (QED) is 0.151. The number of nitrogens with zero attached hydrogens (tertiary/aromatic N) is 2. The normalized spacial score (nSPS) is 12.0. The van der Waals surface area contributed by atoms with Gasteiger partial charge in [0.15, 0.2) is 11.2 Å². The van der Waals surface area contributed by atoms with E-state index in [1.807, 2.05) is 36.4 Å². The van der Waals surface area contributed by atoms with Crippen LogP contribution in [-0.2, 0) is 0 Å². The first-order chi connectivity index (χ1) is 39.6. The van der Waals surface area contributed by atoms with Crippen molar-refractivity contribution in [3.05, 3.63) is 267 Å². The number of rotatable bonds is 8. The minimum absolute atomic E-state index is 0.808. The topological polar surface area (TPSA) is 59.0 Å². The molecule has 0 saturated carbocycles. The predicted molar refractivity (Wildman–Crippen MR) is 331 cm³/mol. The molecule has 0 amide bonds. The summed E-state index contributed by atoms with van der Waals surface area (Å²) in [6, 6.07) is 94.2. The highest BCUT2D eigenvalue weighted by atomic mass is 16.3. The first-order valence-electron chi connectivity index (χ1n) is 27.0. The van der Waals surface area contributed by atoms with E-state index in [9.17, 15) is 0 Å². The fraction of sp³-hybridized carbons (Fsp3) is 0. The van der Waals surface area contributed by atoms with Gasteiger partial charge in [-0.25, -0.2) is 0 Å². The zero-order valence-corrected chi connectivity index (χ0v) is 42.9. The summed E-state index contributed by atoms with van der Waals surface area (Å²) < 4.78 is 27.4.